The zero-order valence-corrected chi connectivity index (χ0v) is 8.62. The Morgan fingerprint density at radius 2 is 2.23 bits per heavy atom. The van der Waals surface area contributed by atoms with E-state index in [0.29, 0.717) is 12.5 Å². The lowest BCUT2D eigenvalue weighted by Gasteiger charge is -2.26. The third kappa shape index (κ3) is 4.07. The average molecular weight is 188 g/mol. The number of rotatable bonds is 5. The molecule has 0 aliphatic carbocycles. The van der Waals surface area contributed by atoms with Crippen LogP contribution >= 0.6 is 0 Å². The first-order chi connectivity index (χ1) is 6.34. The van der Waals surface area contributed by atoms with E-state index in [1.807, 2.05) is 0 Å². The molecule has 0 aromatic rings. The fourth-order valence-electron chi connectivity index (χ4n) is 1.50. The first-order valence-electron chi connectivity index (χ1n) is 5.20. The van der Waals surface area contributed by atoms with Gasteiger partial charge in [-0.05, 0) is 12.3 Å². The number of hydrogen-bond donors (Lipinski definition) is 0. The monoisotopic (exact) mass is 188 g/mol. The van der Waals surface area contributed by atoms with Gasteiger partial charge in [-0.3, -0.25) is 0 Å². The molecule has 0 bridgehead atoms. The molecule has 2 unspecified atom stereocenters. The van der Waals surface area contributed by atoms with Crippen LogP contribution in [0.5, 0.6) is 0 Å². The van der Waals surface area contributed by atoms with Crippen LogP contribution in [-0.4, -0.2) is 19.5 Å². The molecule has 0 spiro atoms. The van der Waals surface area contributed by atoms with Gasteiger partial charge < -0.3 is 4.74 Å². The van der Waals surface area contributed by atoms with Gasteiger partial charge in [-0.15, -0.1) is 0 Å². The standard InChI is InChI=1S/C10H20O3/c1-3-4-5-6-9(2)10-7-11-8-12-13-10/h9-10H,3-8H2,1-2H3. The van der Waals surface area contributed by atoms with Crippen molar-refractivity contribution in [1.82, 2.24) is 0 Å². The van der Waals surface area contributed by atoms with Crippen LogP contribution in [-0.2, 0) is 14.5 Å². The number of ether oxygens (including phenoxy) is 1. The van der Waals surface area contributed by atoms with Gasteiger partial charge in [-0.1, -0.05) is 33.1 Å². The van der Waals surface area contributed by atoms with Crippen LogP contribution in [0.2, 0.25) is 0 Å². The highest BCUT2D eigenvalue weighted by Crippen LogP contribution is 2.18. The Labute approximate surface area is 80.3 Å². The average Bonchev–Trinajstić information content (AvgIpc) is 2.19. The molecule has 0 amide bonds. The molecule has 0 radical (unpaired) electrons. The summed E-state index contributed by atoms with van der Waals surface area (Å²) in [5.74, 6) is 0.534. The summed E-state index contributed by atoms with van der Waals surface area (Å²) >= 11 is 0. The van der Waals surface area contributed by atoms with Gasteiger partial charge in [0.2, 0.25) is 0 Å². The molecule has 78 valence electrons. The summed E-state index contributed by atoms with van der Waals surface area (Å²) < 4.78 is 5.16. The second kappa shape index (κ2) is 6.35. The normalized spacial score (nSPS) is 25.8. The summed E-state index contributed by atoms with van der Waals surface area (Å²) in [4.78, 5) is 9.93. The van der Waals surface area contributed by atoms with E-state index in [0.717, 1.165) is 0 Å². The number of hydrogen-bond acceptors (Lipinski definition) is 3. The fraction of sp³-hybridized carbons (Fsp3) is 1.00. The van der Waals surface area contributed by atoms with E-state index in [2.05, 4.69) is 13.8 Å². The number of unbranched alkanes of at least 4 members (excludes halogenated alkanes) is 2. The first-order valence-corrected chi connectivity index (χ1v) is 5.20. The molecule has 1 heterocycles. The Morgan fingerprint density at radius 1 is 1.38 bits per heavy atom. The van der Waals surface area contributed by atoms with Crippen molar-refractivity contribution in [2.75, 3.05) is 13.4 Å². The highest BCUT2D eigenvalue weighted by Gasteiger charge is 2.22. The molecule has 0 saturated carbocycles. The van der Waals surface area contributed by atoms with Crippen LogP contribution < -0.4 is 0 Å². The van der Waals surface area contributed by atoms with E-state index in [4.69, 9.17) is 14.5 Å². The smallest absolute Gasteiger partial charge is 0.180 e. The summed E-state index contributed by atoms with van der Waals surface area (Å²) in [7, 11) is 0. The van der Waals surface area contributed by atoms with Gasteiger partial charge >= 0.3 is 0 Å². The lowest BCUT2D eigenvalue weighted by atomic mass is 9.98. The van der Waals surface area contributed by atoms with Crippen molar-refractivity contribution >= 4 is 0 Å². The lowest BCUT2D eigenvalue weighted by molar-refractivity contribution is -0.409. The highest BCUT2D eigenvalue weighted by molar-refractivity contribution is 4.65. The molecule has 0 aromatic carbocycles. The molecule has 13 heavy (non-hydrogen) atoms. The Balaban J connectivity index is 2.09. The SMILES string of the molecule is CCCCCC(C)C1COCOO1. The maximum absolute atomic E-state index is 5.16. The predicted molar refractivity (Wildman–Crippen MR) is 50.1 cm³/mol. The van der Waals surface area contributed by atoms with Gasteiger partial charge in [0, 0.05) is 0 Å². The van der Waals surface area contributed by atoms with Crippen LogP contribution in [0.3, 0.4) is 0 Å². The summed E-state index contributed by atoms with van der Waals surface area (Å²) in [5.41, 5.74) is 0. The topological polar surface area (TPSA) is 27.7 Å². The molecule has 1 aliphatic heterocycles. The van der Waals surface area contributed by atoms with Crippen molar-refractivity contribution in [3.05, 3.63) is 0 Å². The van der Waals surface area contributed by atoms with E-state index in [1.54, 1.807) is 0 Å². The van der Waals surface area contributed by atoms with Crippen LogP contribution in [0.15, 0.2) is 0 Å². The highest BCUT2D eigenvalue weighted by atomic mass is 17.2. The largest absolute Gasteiger partial charge is 0.349 e. The van der Waals surface area contributed by atoms with Crippen molar-refractivity contribution in [2.24, 2.45) is 5.92 Å². The molecule has 3 nitrogen and oxygen atoms in total. The second-order valence-electron chi connectivity index (χ2n) is 3.71. The summed E-state index contributed by atoms with van der Waals surface area (Å²) in [6.45, 7) is 5.36. The van der Waals surface area contributed by atoms with Crippen LogP contribution in [0.25, 0.3) is 0 Å². The molecule has 3 heteroatoms. The van der Waals surface area contributed by atoms with Crippen LogP contribution in [0.1, 0.15) is 39.5 Å². The van der Waals surface area contributed by atoms with Crippen molar-refractivity contribution in [2.45, 2.75) is 45.6 Å². The van der Waals surface area contributed by atoms with E-state index >= 15 is 0 Å². The Bertz CT molecular complexity index is 121. The van der Waals surface area contributed by atoms with Crippen molar-refractivity contribution < 1.29 is 14.5 Å². The van der Waals surface area contributed by atoms with E-state index < -0.39 is 0 Å². The molecule has 1 saturated heterocycles. The maximum Gasteiger partial charge on any atom is 0.180 e. The van der Waals surface area contributed by atoms with Gasteiger partial charge in [0.1, 0.15) is 6.10 Å². The Kier molecular flexibility index (Phi) is 5.35. The molecule has 0 aromatic heterocycles. The van der Waals surface area contributed by atoms with E-state index in [1.165, 1.54) is 25.7 Å². The summed E-state index contributed by atoms with van der Waals surface area (Å²) in [6.07, 6.45) is 5.18. The first kappa shape index (κ1) is 11.0. The van der Waals surface area contributed by atoms with Crippen molar-refractivity contribution in [1.29, 1.82) is 0 Å². The predicted octanol–water partition coefficient (Wildman–Crippen LogP) is 2.51. The minimum absolute atomic E-state index is 0.130. The van der Waals surface area contributed by atoms with Crippen molar-refractivity contribution in [3.63, 3.8) is 0 Å². The van der Waals surface area contributed by atoms with E-state index in [-0.39, 0.29) is 12.9 Å². The molecular formula is C10H20O3. The van der Waals surface area contributed by atoms with Crippen LogP contribution in [0, 0.1) is 5.92 Å². The fourth-order valence-corrected chi connectivity index (χ4v) is 1.50. The third-order valence-electron chi connectivity index (χ3n) is 2.50. The molecule has 0 N–H and O–H groups in total. The minimum atomic E-state index is 0.130. The molecule has 1 rings (SSSR count). The van der Waals surface area contributed by atoms with Crippen molar-refractivity contribution in [3.8, 4) is 0 Å². The third-order valence-corrected chi connectivity index (χ3v) is 2.50. The zero-order chi connectivity index (χ0) is 9.52. The van der Waals surface area contributed by atoms with Crippen LogP contribution in [0.4, 0.5) is 0 Å². The molecule has 2 atom stereocenters. The summed E-state index contributed by atoms with van der Waals surface area (Å²) in [5, 5.41) is 0. The van der Waals surface area contributed by atoms with Gasteiger partial charge in [0.05, 0.1) is 6.61 Å². The second-order valence-corrected chi connectivity index (χ2v) is 3.71. The van der Waals surface area contributed by atoms with E-state index in [9.17, 15) is 0 Å². The van der Waals surface area contributed by atoms with Gasteiger partial charge in [0.25, 0.3) is 0 Å². The maximum atomic E-state index is 5.16. The summed E-state index contributed by atoms with van der Waals surface area (Å²) in [6, 6.07) is 0. The van der Waals surface area contributed by atoms with Gasteiger partial charge in [-0.2, -0.15) is 0 Å². The molecule has 1 fully saturated rings. The Morgan fingerprint density at radius 3 is 2.85 bits per heavy atom. The quantitative estimate of drug-likeness (QED) is 0.490. The Hall–Kier alpha value is -0.120. The minimum Gasteiger partial charge on any atom is -0.349 e. The molecule has 1 aliphatic rings. The lowest BCUT2D eigenvalue weighted by Crippen LogP contribution is -2.32. The van der Waals surface area contributed by atoms with Gasteiger partial charge in [-0.25, -0.2) is 9.78 Å². The van der Waals surface area contributed by atoms with Gasteiger partial charge in [0.15, 0.2) is 6.79 Å². The molecular weight excluding hydrogens is 168 g/mol. The zero-order valence-electron chi connectivity index (χ0n) is 8.62.